The molecule has 1 aliphatic heterocycles. The lowest BCUT2D eigenvalue weighted by atomic mass is 9.92. The van der Waals surface area contributed by atoms with Gasteiger partial charge in [-0.25, -0.2) is 4.79 Å². The van der Waals surface area contributed by atoms with Crippen LogP contribution in [0.1, 0.15) is 23.6 Å². The molecule has 146 valence electrons. The highest BCUT2D eigenvalue weighted by molar-refractivity contribution is 9.10. The number of carbonyl (C=O) groups is 3. The molecule has 2 aromatic carbocycles. The zero-order valence-corrected chi connectivity index (χ0v) is 17.6. The predicted molar refractivity (Wildman–Crippen MR) is 109 cm³/mol. The fraction of sp³-hybridized carbons (Fsp3) is 0.286. The van der Waals surface area contributed by atoms with Gasteiger partial charge in [-0.3, -0.25) is 14.5 Å². The van der Waals surface area contributed by atoms with E-state index in [2.05, 4.69) is 21.2 Å². The number of aryl methyl sites for hydroxylation is 1. The molecule has 1 atom stereocenters. The summed E-state index contributed by atoms with van der Waals surface area (Å²) in [5.41, 5.74) is 1.56. The maximum absolute atomic E-state index is 13.0. The number of imide groups is 1. The van der Waals surface area contributed by atoms with Crippen LogP contribution in [0.2, 0.25) is 0 Å². The molecule has 0 spiro atoms. The van der Waals surface area contributed by atoms with Crippen molar-refractivity contribution in [2.24, 2.45) is 0 Å². The lowest BCUT2D eigenvalue weighted by molar-refractivity contribution is -0.138. The number of hydrogen-bond acceptors (Lipinski definition) is 3. The van der Waals surface area contributed by atoms with Gasteiger partial charge in [-0.2, -0.15) is 0 Å². The summed E-state index contributed by atoms with van der Waals surface area (Å²) in [5, 5.41) is 2.72. The van der Waals surface area contributed by atoms with Gasteiger partial charge < -0.3 is 10.2 Å². The molecular weight excluding hydrogens is 422 g/mol. The van der Waals surface area contributed by atoms with Gasteiger partial charge in [-0.05, 0) is 42.7 Å². The molecule has 2 aromatic rings. The average molecular weight is 444 g/mol. The monoisotopic (exact) mass is 443 g/mol. The Labute approximate surface area is 172 Å². The molecule has 3 rings (SSSR count). The number of hydrogen-bond donors (Lipinski definition) is 1. The van der Waals surface area contributed by atoms with E-state index < -0.39 is 17.5 Å². The van der Waals surface area contributed by atoms with E-state index in [1.807, 2.05) is 37.3 Å². The molecule has 0 saturated carbocycles. The highest BCUT2D eigenvalue weighted by Gasteiger charge is 2.49. The van der Waals surface area contributed by atoms with Crippen molar-refractivity contribution in [1.82, 2.24) is 15.1 Å². The second-order valence-electron chi connectivity index (χ2n) is 7.13. The first-order chi connectivity index (χ1) is 13.2. The molecule has 28 heavy (non-hydrogen) atoms. The minimum absolute atomic E-state index is 0.295. The van der Waals surface area contributed by atoms with Crippen LogP contribution in [-0.4, -0.2) is 41.2 Å². The Morgan fingerprint density at radius 2 is 1.89 bits per heavy atom. The Kier molecular flexibility index (Phi) is 5.56. The highest BCUT2D eigenvalue weighted by Crippen LogP contribution is 2.30. The molecule has 4 amide bonds. The summed E-state index contributed by atoms with van der Waals surface area (Å²) in [7, 11) is 1.67. The van der Waals surface area contributed by atoms with Gasteiger partial charge in [0.25, 0.3) is 5.91 Å². The Morgan fingerprint density at radius 3 is 2.57 bits per heavy atom. The van der Waals surface area contributed by atoms with E-state index in [-0.39, 0.29) is 12.5 Å². The van der Waals surface area contributed by atoms with Crippen LogP contribution in [0.15, 0.2) is 53.0 Å². The quantitative estimate of drug-likeness (QED) is 0.721. The van der Waals surface area contributed by atoms with Crippen molar-refractivity contribution in [3.63, 3.8) is 0 Å². The first-order valence-electron chi connectivity index (χ1n) is 8.91. The first-order valence-corrected chi connectivity index (χ1v) is 9.70. The summed E-state index contributed by atoms with van der Waals surface area (Å²) in [6, 6.07) is 14.4. The van der Waals surface area contributed by atoms with Gasteiger partial charge in [0, 0.05) is 18.1 Å². The molecule has 0 radical (unpaired) electrons. The van der Waals surface area contributed by atoms with Crippen molar-refractivity contribution in [2.45, 2.75) is 25.9 Å². The number of nitrogens with zero attached hydrogens (tertiary/aromatic N) is 2. The van der Waals surface area contributed by atoms with Crippen molar-refractivity contribution in [1.29, 1.82) is 0 Å². The maximum atomic E-state index is 13.0. The van der Waals surface area contributed by atoms with Crippen molar-refractivity contribution in [3.8, 4) is 0 Å². The predicted octanol–water partition coefficient (Wildman–Crippen LogP) is 3.18. The van der Waals surface area contributed by atoms with Crippen LogP contribution < -0.4 is 5.32 Å². The number of rotatable bonds is 5. The highest BCUT2D eigenvalue weighted by atomic mass is 79.9. The van der Waals surface area contributed by atoms with E-state index in [1.54, 1.807) is 32.2 Å². The summed E-state index contributed by atoms with van der Waals surface area (Å²) < 4.78 is 0.806. The van der Waals surface area contributed by atoms with Gasteiger partial charge in [-0.1, -0.05) is 52.3 Å². The largest absolute Gasteiger partial charge is 0.340 e. The van der Waals surface area contributed by atoms with Gasteiger partial charge in [0.2, 0.25) is 5.91 Å². The van der Waals surface area contributed by atoms with E-state index in [0.717, 1.165) is 20.5 Å². The van der Waals surface area contributed by atoms with E-state index in [1.165, 1.54) is 4.90 Å². The van der Waals surface area contributed by atoms with Gasteiger partial charge in [0.15, 0.2) is 0 Å². The molecule has 6 nitrogen and oxygen atoms in total. The lowest BCUT2D eigenvalue weighted by Crippen LogP contribution is -2.43. The maximum Gasteiger partial charge on any atom is 0.325 e. The van der Waals surface area contributed by atoms with Gasteiger partial charge in [-0.15, -0.1) is 0 Å². The smallest absolute Gasteiger partial charge is 0.325 e. The third kappa shape index (κ3) is 3.80. The molecule has 1 fully saturated rings. The zero-order chi connectivity index (χ0) is 20.5. The Balaban J connectivity index is 1.73. The van der Waals surface area contributed by atoms with Crippen LogP contribution in [0.3, 0.4) is 0 Å². The van der Waals surface area contributed by atoms with E-state index in [9.17, 15) is 14.4 Å². The van der Waals surface area contributed by atoms with Gasteiger partial charge in [0.05, 0.1) is 0 Å². The molecule has 0 aromatic heterocycles. The molecule has 1 saturated heterocycles. The Hall–Kier alpha value is -2.67. The van der Waals surface area contributed by atoms with Crippen molar-refractivity contribution >= 4 is 33.8 Å². The third-order valence-electron chi connectivity index (χ3n) is 5.06. The van der Waals surface area contributed by atoms with Crippen LogP contribution >= 0.6 is 15.9 Å². The first kappa shape index (κ1) is 20.1. The minimum atomic E-state index is -1.20. The third-order valence-corrected chi connectivity index (χ3v) is 5.56. The van der Waals surface area contributed by atoms with Gasteiger partial charge in [0.1, 0.15) is 12.1 Å². The fourth-order valence-electron chi connectivity index (χ4n) is 3.22. The number of urea groups is 1. The standard InChI is InChI=1S/C21H22BrN3O3/c1-14-7-4-5-8-15(14)12-24(3)18(26)13-25-19(27)21(2,23-20(25)28)16-9-6-10-17(22)11-16/h4-11H,12-13H2,1-3H3,(H,23,28)/t21-/m1/s1. The summed E-state index contributed by atoms with van der Waals surface area (Å²) in [4.78, 5) is 40.6. The average Bonchev–Trinajstić information content (AvgIpc) is 2.87. The van der Waals surface area contributed by atoms with E-state index in [4.69, 9.17) is 0 Å². The van der Waals surface area contributed by atoms with Gasteiger partial charge >= 0.3 is 6.03 Å². The minimum Gasteiger partial charge on any atom is -0.340 e. The molecule has 1 N–H and O–H groups in total. The summed E-state index contributed by atoms with van der Waals surface area (Å²) >= 11 is 3.38. The van der Waals surface area contributed by atoms with Crippen molar-refractivity contribution in [3.05, 3.63) is 69.7 Å². The molecule has 1 aliphatic rings. The molecular formula is C21H22BrN3O3. The fourth-order valence-corrected chi connectivity index (χ4v) is 3.62. The molecule has 7 heteroatoms. The van der Waals surface area contributed by atoms with Crippen LogP contribution in [-0.2, 0) is 21.7 Å². The number of likely N-dealkylation sites (N-methyl/N-ethyl adjacent to an activating group) is 1. The number of benzene rings is 2. The number of halogens is 1. The molecule has 0 unspecified atom stereocenters. The van der Waals surface area contributed by atoms with Crippen molar-refractivity contribution in [2.75, 3.05) is 13.6 Å². The van der Waals surface area contributed by atoms with Crippen molar-refractivity contribution < 1.29 is 14.4 Å². The Bertz CT molecular complexity index is 946. The normalized spacial score (nSPS) is 18.9. The zero-order valence-electron chi connectivity index (χ0n) is 16.0. The van der Waals surface area contributed by atoms with Crippen LogP contribution in [0.4, 0.5) is 4.79 Å². The van der Waals surface area contributed by atoms with E-state index in [0.29, 0.717) is 12.1 Å². The van der Waals surface area contributed by atoms with E-state index >= 15 is 0 Å². The molecule has 0 bridgehead atoms. The number of amides is 4. The van der Waals surface area contributed by atoms with Crippen LogP contribution in [0.25, 0.3) is 0 Å². The SMILES string of the molecule is Cc1ccccc1CN(C)C(=O)CN1C(=O)N[C@](C)(c2cccc(Br)c2)C1=O. The Morgan fingerprint density at radius 1 is 1.18 bits per heavy atom. The van der Waals surface area contributed by atoms with Crippen LogP contribution in [0, 0.1) is 6.92 Å². The summed E-state index contributed by atoms with van der Waals surface area (Å²) in [6.07, 6.45) is 0. The summed E-state index contributed by atoms with van der Waals surface area (Å²) in [6.45, 7) is 3.75. The molecule has 0 aliphatic carbocycles. The summed E-state index contributed by atoms with van der Waals surface area (Å²) in [5.74, 6) is -0.738. The molecule has 1 heterocycles. The number of carbonyl (C=O) groups excluding carboxylic acids is 3. The lowest BCUT2D eigenvalue weighted by Gasteiger charge is -2.23. The second-order valence-corrected chi connectivity index (χ2v) is 8.05. The topological polar surface area (TPSA) is 69.7 Å². The van der Waals surface area contributed by atoms with Crippen LogP contribution in [0.5, 0.6) is 0 Å². The number of nitrogens with one attached hydrogen (secondary N) is 1. The second kappa shape index (κ2) is 7.75.